The highest BCUT2D eigenvalue weighted by Crippen LogP contribution is 2.24. The summed E-state index contributed by atoms with van der Waals surface area (Å²) in [6.45, 7) is 0.869. The lowest BCUT2D eigenvalue weighted by molar-refractivity contribution is -0.139. The highest BCUT2D eigenvalue weighted by Gasteiger charge is 2.31. The quantitative estimate of drug-likeness (QED) is 0.909. The van der Waals surface area contributed by atoms with Crippen LogP contribution in [-0.4, -0.2) is 52.8 Å². The molecular formula is C16H15ClN2O5. The summed E-state index contributed by atoms with van der Waals surface area (Å²) < 4.78 is 10.5. The molecule has 1 saturated heterocycles. The molecule has 7 nitrogen and oxygen atoms in total. The van der Waals surface area contributed by atoms with Crippen molar-refractivity contribution in [3.63, 3.8) is 0 Å². The van der Waals surface area contributed by atoms with Gasteiger partial charge in [-0.1, -0.05) is 28.9 Å². The maximum atomic E-state index is 12.6. The Morgan fingerprint density at radius 1 is 1.38 bits per heavy atom. The summed E-state index contributed by atoms with van der Waals surface area (Å²) in [7, 11) is 0. The summed E-state index contributed by atoms with van der Waals surface area (Å²) in [5.41, 5.74) is 0.834. The lowest BCUT2D eigenvalue weighted by atomic mass is 10.1. The van der Waals surface area contributed by atoms with Crippen molar-refractivity contribution in [3.05, 3.63) is 41.0 Å². The molecule has 1 unspecified atom stereocenters. The summed E-state index contributed by atoms with van der Waals surface area (Å²) in [4.78, 5) is 25.1. The second-order valence-corrected chi connectivity index (χ2v) is 5.85. The number of benzene rings is 1. The molecule has 3 rings (SSSR count). The van der Waals surface area contributed by atoms with Crippen molar-refractivity contribution in [2.75, 3.05) is 19.8 Å². The van der Waals surface area contributed by atoms with E-state index in [1.807, 2.05) is 0 Å². The van der Waals surface area contributed by atoms with Gasteiger partial charge in [-0.2, -0.15) is 0 Å². The Morgan fingerprint density at radius 2 is 2.21 bits per heavy atom. The van der Waals surface area contributed by atoms with E-state index in [-0.39, 0.29) is 24.6 Å². The number of aliphatic carboxylic acids is 1. The fraction of sp³-hybridized carbons (Fsp3) is 0.312. The zero-order valence-corrected chi connectivity index (χ0v) is 13.4. The monoisotopic (exact) mass is 350 g/mol. The molecule has 1 aromatic carbocycles. The Hall–Kier alpha value is -2.38. The van der Waals surface area contributed by atoms with Crippen LogP contribution in [-0.2, 0) is 9.53 Å². The molecule has 24 heavy (non-hydrogen) atoms. The number of rotatable bonds is 4. The normalized spacial score (nSPS) is 17.7. The van der Waals surface area contributed by atoms with Crippen LogP contribution >= 0.6 is 11.6 Å². The molecule has 1 aliphatic heterocycles. The number of hydrogen-bond acceptors (Lipinski definition) is 5. The van der Waals surface area contributed by atoms with Gasteiger partial charge in [-0.15, -0.1) is 0 Å². The van der Waals surface area contributed by atoms with E-state index < -0.39 is 12.0 Å². The van der Waals surface area contributed by atoms with Gasteiger partial charge in [0.2, 0.25) is 0 Å². The third-order valence-electron chi connectivity index (χ3n) is 3.74. The van der Waals surface area contributed by atoms with E-state index in [0.29, 0.717) is 29.5 Å². The SMILES string of the molecule is O=C(O)CC1COCCN1C(=O)c1cc(-c2cccc(Cl)c2)on1. The number of aromatic nitrogens is 1. The summed E-state index contributed by atoms with van der Waals surface area (Å²) in [5.74, 6) is -0.937. The molecule has 0 saturated carbocycles. The number of carbonyl (C=O) groups excluding carboxylic acids is 1. The Labute approximate surface area is 142 Å². The molecule has 1 fully saturated rings. The fourth-order valence-electron chi connectivity index (χ4n) is 2.59. The van der Waals surface area contributed by atoms with E-state index in [1.54, 1.807) is 24.3 Å². The van der Waals surface area contributed by atoms with Crippen LogP contribution < -0.4 is 0 Å². The second-order valence-electron chi connectivity index (χ2n) is 5.41. The van der Waals surface area contributed by atoms with Gasteiger partial charge in [-0.3, -0.25) is 9.59 Å². The van der Waals surface area contributed by atoms with Crippen molar-refractivity contribution in [2.45, 2.75) is 12.5 Å². The van der Waals surface area contributed by atoms with Crippen molar-refractivity contribution in [1.82, 2.24) is 10.1 Å². The number of ether oxygens (including phenoxy) is 1. The Kier molecular flexibility index (Phi) is 4.82. The highest BCUT2D eigenvalue weighted by atomic mass is 35.5. The molecule has 1 aliphatic rings. The van der Waals surface area contributed by atoms with Crippen LogP contribution in [0.1, 0.15) is 16.9 Å². The van der Waals surface area contributed by atoms with E-state index in [0.717, 1.165) is 0 Å². The molecule has 0 radical (unpaired) electrons. The number of hydrogen-bond donors (Lipinski definition) is 1. The molecule has 0 spiro atoms. The molecule has 1 N–H and O–H groups in total. The maximum absolute atomic E-state index is 12.6. The molecule has 0 bridgehead atoms. The number of amides is 1. The lowest BCUT2D eigenvalue weighted by Gasteiger charge is -2.34. The van der Waals surface area contributed by atoms with Gasteiger partial charge >= 0.3 is 5.97 Å². The molecular weight excluding hydrogens is 336 g/mol. The van der Waals surface area contributed by atoms with Gasteiger partial charge < -0.3 is 19.3 Å². The molecule has 1 aromatic heterocycles. The van der Waals surface area contributed by atoms with E-state index in [2.05, 4.69) is 5.16 Å². The smallest absolute Gasteiger partial charge is 0.305 e. The standard InChI is InChI=1S/C16H15ClN2O5/c17-11-3-1-2-10(6-11)14-8-13(18-24-14)16(22)19-4-5-23-9-12(19)7-15(20)21/h1-3,6,8,12H,4-5,7,9H2,(H,20,21). The molecule has 0 aliphatic carbocycles. The fourth-order valence-corrected chi connectivity index (χ4v) is 2.78. The van der Waals surface area contributed by atoms with Gasteiger partial charge in [-0.25, -0.2) is 0 Å². The first-order valence-corrected chi connectivity index (χ1v) is 7.75. The van der Waals surface area contributed by atoms with Gasteiger partial charge in [0.25, 0.3) is 5.91 Å². The van der Waals surface area contributed by atoms with Gasteiger partial charge in [0.1, 0.15) is 0 Å². The average molecular weight is 351 g/mol. The summed E-state index contributed by atoms with van der Waals surface area (Å²) >= 11 is 5.95. The van der Waals surface area contributed by atoms with Crippen LogP contribution in [0.4, 0.5) is 0 Å². The topological polar surface area (TPSA) is 92.9 Å². The number of halogens is 1. The molecule has 1 amide bonds. The molecule has 2 heterocycles. The molecule has 8 heteroatoms. The Bertz CT molecular complexity index is 760. The number of morpholine rings is 1. The average Bonchev–Trinajstić information content (AvgIpc) is 3.04. The lowest BCUT2D eigenvalue weighted by Crippen LogP contribution is -2.49. The van der Waals surface area contributed by atoms with E-state index in [4.69, 9.17) is 26.0 Å². The summed E-state index contributed by atoms with van der Waals surface area (Å²) in [6, 6.07) is 8.02. The van der Waals surface area contributed by atoms with Crippen LogP contribution in [0.25, 0.3) is 11.3 Å². The van der Waals surface area contributed by atoms with Crippen molar-refractivity contribution in [1.29, 1.82) is 0 Å². The first-order valence-electron chi connectivity index (χ1n) is 7.38. The predicted molar refractivity (Wildman–Crippen MR) is 84.8 cm³/mol. The van der Waals surface area contributed by atoms with Crippen LogP contribution in [0.5, 0.6) is 0 Å². The largest absolute Gasteiger partial charge is 0.481 e. The molecule has 126 valence electrons. The number of carbonyl (C=O) groups is 2. The summed E-state index contributed by atoms with van der Waals surface area (Å²) in [5, 5.41) is 13.3. The predicted octanol–water partition coefficient (Wildman–Crippen LogP) is 2.31. The minimum atomic E-state index is -0.983. The number of nitrogens with zero attached hydrogens (tertiary/aromatic N) is 2. The highest BCUT2D eigenvalue weighted by molar-refractivity contribution is 6.30. The van der Waals surface area contributed by atoms with Crippen LogP contribution in [0.3, 0.4) is 0 Å². The van der Waals surface area contributed by atoms with Crippen molar-refractivity contribution >= 4 is 23.5 Å². The van der Waals surface area contributed by atoms with Gasteiger partial charge in [0, 0.05) is 23.2 Å². The third kappa shape index (κ3) is 3.58. The van der Waals surface area contributed by atoms with Crippen LogP contribution in [0.15, 0.2) is 34.9 Å². The van der Waals surface area contributed by atoms with Crippen LogP contribution in [0.2, 0.25) is 5.02 Å². The Balaban J connectivity index is 1.80. The van der Waals surface area contributed by atoms with E-state index >= 15 is 0 Å². The van der Waals surface area contributed by atoms with Gasteiger partial charge in [0.15, 0.2) is 11.5 Å². The van der Waals surface area contributed by atoms with E-state index in [1.165, 1.54) is 11.0 Å². The molecule has 2 aromatic rings. The Morgan fingerprint density at radius 3 is 2.96 bits per heavy atom. The second kappa shape index (κ2) is 7.02. The summed E-state index contributed by atoms with van der Waals surface area (Å²) in [6.07, 6.45) is -0.176. The van der Waals surface area contributed by atoms with Crippen LogP contribution in [0, 0.1) is 0 Å². The minimum Gasteiger partial charge on any atom is -0.481 e. The minimum absolute atomic E-state index is 0.127. The van der Waals surface area contributed by atoms with Crippen molar-refractivity contribution in [2.24, 2.45) is 0 Å². The van der Waals surface area contributed by atoms with Gasteiger partial charge in [-0.05, 0) is 12.1 Å². The first kappa shape index (κ1) is 16.5. The van der Waals surface area contributed by atoms with Crippen molar-refractivity contribution < 1.29 is 24.0 Å². The zero-order valence-electron chi connectivity index (χ0n) is 12.6. The van der Waals surface area contributed by atoms with E-state index in [9.17, 15) is 9.59 Å². The third-order valence-corrected chi connectivity index (χ3v) is 3.97. The zero-order chi connectivity index (χ0) is 17.1. The number of carboxylic acid groups (broad SMARTS) is 1. The number of carboxylic acids is 1. The maximum Gasteiger partial charge on any atom is 0.305 e. The first-order chi connectivity index (χ1) is 11.5. The molecule has 1 atom stereocenters. The van der Waals surface area contributed by atoms with Crippen molar-refractivity contribution in [3.8, 4) is 11.3 Å². The van der Waals surface area contributed by atoms with Gasteiger partial charge in [0.05, 0.1) is 25.7 Å².